The van der Waals surface area contributed by atoms with Crippen molar-refractivity contribution >= 4 is 12.0 Å². The number of carbonyl (C=O) groups is 2. The maximum atomic E-state index is 13.0. The Hall–Kier alpha value is -4.14. The van der Waals surface area contributed by atoms with Gasteiger partial charge in [-0.2, -0.15) is 0 Å². The zero-order valence-corrected chi connectivity index (χ0v) is 22.3. The highest BCUT2D eigenvalue weighted by molar-refractivity contribution is 5.86. The molecule has 0 fully saturated rings. The summed E-state index contributed by atoms with van der Waals surface area (Å²) in [6, 6.07) is 15.4. The summed E-state index contributed by atoms with van der Waals surface area (Å²) >= 11 is 0. The van der Waals surface area contributed by atoms with E-state index in [4.69, 9.17) is 4.74 Å². The van der Waals surface area contributed by atoms with Gasteiger partial charge in [0.05, 0.1) is 5.69 Å². The first kappa shape index (κ1) is 28.4. The lowest BCUT2D eigenvalue weighted by molar-refractivity contribution is -0.123. The van der Waals surface area contributed by atoms with E-state index in [0.29, 0.717) is 31.5 Å². The number of amides is 2. The molecule has 0 saturated heterocycles. The molecule has 1 aromatic heterocycles. The van der Waals surface area contributed by atoms with Gasteiger partial charge in [-0.3, -0.25) is 14.6 Å². The molecule has 9 nitrogen and oxygen atoms in total. The molecule has 0 bridgehead atoms. The van der Waals surface area contributed by atoms with Crippen molar-refractivity contribution in [1.82, 2.24) is 20.6 Å². The lowest BCUT2D eigenvalue weighted by Gasteiger charge is -2.23. The first-order valence-corrected chi connectivity index (χ1v) is 12.7. The fourth-order valence-corrected chi connectivity index (χ4v) is 3.88. The third-order valence-electron chi connectivity index (χ3n) is 5.76. The molecule has 3 rings (SSSR count). The molecular weight excluding hydrogens is 484 g/mol. The molecule has 38 heavy (non-hydrogen) atoms. The molecule has 1 atom stereocenters. The van der Waals surface area contributed by atoms with Gasteiger partial charge in [-0.15, -0.1) is 0 Å². The van der Waals surface area contributed by atoms with E-state index in [1.54, 1.807) is 32.9 Å². The van der Waals surface area contributed by atoms with Gasteiger partial charge in [-0.05, 0) is 63.8 Å². The summed E-state index contributed by atoms with van der Waals surface area (Å²) in [5, 5.41) is 15.0. The molecule has 9 heteroatoms. The van der Waals surface area contributed by atoms with E-state index in [2.05, 4.69) is 20.6 Å². The summed E-state index contributed by atoms with van der Waals surface area (Å²) in [6.45, 7) is 7.40. The van der Waals surface area contributed by atoms with Gasteiger partial charge in [0, 0.05) is 25.1 Å². The van der Waals surface area contributed by atoms with Crippen molar-refractivity contribution in [3.8, 4) is 5.75 Å². The summed E-state index contributed by atoms with van der Waals surface area (Å²) in [6.07, 6.45) is 1.01. The monoisotopic (exact) mass is 520 g/mol. The minimum atomic E-state index is -0.879. The van der Waals surface area contributed by atoms with Crippen molar-refractivity contribution in [3.05, 3.63) is 93.2 Å². The number of carbonyl (C=O) groups excluding carboxylic acids is 2. The van der Waals surface area contributed by atoms with E-state index in [1.807, 2.05) is 37.3 Å². The predicted molar refractivity (Wildman–Crippen MR) is 145 cm³/mol. The lowest BCUT2D eigenvalue weighted by atomic mass is 10.0. The molecule has 202 valence electrons. The topological polar surface area (TPSA) is 133 Å². The highest BCUT2D eigenvalue weighted by Crippen LogP contribution is 2.13. The van der Waals surface area contributed by atoms with Crippen LogP contribution in [-0.2, 0) is 28.8 Å². The number of aromatic amines is 1. The Labute approximate surface area is 222 Å². The quantitative estimate of drug-likeness (QED) is 0.302. The third kappa shape index (κ3) is 9.06. The van der Waals surface area contributed by atoms with Crippen LogP contribution in [0.1, 0.15) is 55.4 Å². The van der Waals surface area contributed by atoms with E-state index >= 15 is 0 Å². The fraction of sp³-hybridized carbons (Fsp3) is 0.379. The summed E-state index contributed by atoms with van der Waals surface area (Å²) in [4.78, 5) is 45.3. The predicted octanol–water partition coefficient (Wildman–Crippen LogP) is 3.56. The van der Waals surface area contributed by atoms with E-state index in [1.165, 1.54) is 12.1 Å². The van der Waals surface area contributed by atoms with E-state index in [9.17, 15) is 19.5 Å². The molecule has 0 saturated carbocycles. The highest BCUT2D eigenvalue weighted by atomic mass is 16.6. The average Bonchev–Trinajstić information content (AvgIpc) is 2.85. The molecule has 0 radical (unpaired) electrons. The molecule has 0 unspecified atom stereocenters. The van der Waals surface area contributed by atoms with Crippen molar-refractivity contribution in [2.24, 2.45) is 0 Å². The van der Waals surface area contributed by atoms with Crippen LogP contribution in [0.15, 0.2) is 59.4 Å². The molecule has 0 aliphatic carbocycles. The zero-order valence-electron chi connectivity index (χ0n) is 22.3. The number of H-pyrrole nitrogens is 1. The molecule has 3 aromatic rings. The van der Waals surface area contributed by atoms with Gasteiger partial charge in [-0.1, -0.05) is 42.5 Å². The van der Waals surface area contributed by atoms with E-state index in [-0.39, 0.29) is 23.6 Å². The summed E-state index contributed by atoms with van der Waals surface area (Å²) in [5.74, 6) is -0.262. The van der Waals surface area contributed by atoms with Gasteiger partial charge in [0.2, 0.25) is 5.91 Å². The van der Waals surface area contributed by atoms with Crippen LogP contribution in [0.25, 0.3) is 0 Å². The number of aromatic nitrogens is 2. The number of aryl methyl sites for hydroxylation is 2. The second-order valence-corrected chi connectivity index (χ2v) is 10.2. The Balaban J connectivity index is 1.58. The van der Waals surface area contributed by atoms with Gasteiger partial charge >= 0.3 is 6.09 Å². The standard InChI is InChI=1S/C29H36N4O5/c1-19-24(17-20-9-6-5-7-10-20)32-27(36)23(31-19)11-8-16-30-26(35)25(33-28(37)38-29(2,3)4)18-21-12-14-22(34)15-13-21/h5-7,9-10,12-15,25,34H,8,11,16-18H2,1-4H3,(H,30,35)(H,32,36)(H,33,37)/t25-/m0/s1. The van der Waals surface area contributed by atoms with Crippen molar-refractivity contribution in [2.45, 2.75) is 65.0 Å². The van der Waals surface area contributed by atoms with Crippen LogP contribution in [-0.4, -0.2) is 45.3 Å². The van der Waals surface area contributed by atoms with Gasteiger partial charge < -0.3 is 25.5 Å². The number of rotatable bonds is 10. The van der Waals surface area contributed by atoms with E-state index in [0.717, 1.165) is 22.5 Å². The molecular formula is C29H36N4O5. The van der Waals surface area contributed by atoms with Gasteiger partial charge in [0.1, 0.15) is 23.1 Å². The van der Waals surface area contributed by atoms with Crippen LogP contribution < -0.4 is 16.2 Å². The Kier molecular flexibility index (Phi) is 9.65. The summed E-state index contributed by atoms with van der Waals surface area (Å²) < 4.78 is 5.31. The first-order valence-electron chi connectivity index (χ1n) is 12.7. The second kappa shape index (κ2) is 12.9. The molecule has 2 aromatic carbocycles. The summed E-state index contributed by atoms with van der Waals surface area (Å²) in [7, 11) is 0. The fourth-order valence-electron chi connectivity index (χ4n) is 3.88. The van der Waals surface area contributed by atoms with Crippen LogP contribution in [0.5, 0.6) is 5.75 Å². The summed E-state index contributed by atoms with van der Waals surface area (Å²) in [5.41, 5.74) is 2.88. The molecule has 0 aliphatic rings. The number of phenolic OH excluding ortho intramolecular Hbond substituents is 1. The minimum absolute atomic E-state index is 0.113. The van der Waals surface area contributed by atoms with Crippen molar-refractivity contribution < 1.29 is 19.4 Å². The van der Waals surface area contributed by atoms with Gasteiger partial charge in [-0.25, -0.2) is 4.79 Å². The number of ether oxygens (including phenoxy) is 1. The first-order chi connectivity index (χ1) is 18.0. The normalized spacial score (nSPS) is 12.0. The van der Waals surface area contributed by atoms with E-state index < -0.39 is 17.7 Å². The third-order valence-corrected chi connectivity index (χ3v) is 5.76. The maximum Gasteiger partial charge on any atom is 0.408 e. The Bertz CT molecular complexity index is 1280. The SMILES string of the molecule is Cc1nc(CCCNC(=O)[C@H](Cc2ccc(O)cc2)NC(=O)OC(C)(C)C)c(=O)[nH]c1Cc1ccccc1. The Morgan fingerprint density at radius 2 is 1.74 bits per heavy atom. The largest absolute Gasteiger partial charge is 0.508 e. The van der Waals surface area contributed by atoms with Crippen molar-refractivity contribution in [3.63, 3.8) is 0 Å². The Morgan fingerprint density at radius 1 is 1.05 bits per heavy atom. The number of benzene rings is 2. The average molecular weight is 521 g/mol. The number of aromatic hydroxyl groups is 1. The molecule has 4 N–H and O–H groups in total. The van der Waals surface area contributed by atoms with Gasteiger partial charge in [0.25, 0.3) is 5.56 Å². The van der Waals surface area contributed by atoms with Crippen LogP contribution in [0, 0.1) is 6.92 Å². The number of alkyl carbamates (subject to hydrolysis) is 1. The maximum absolute atomic E-state index is 13.0. The number of phenols is 1. The lowest BCUT2D eigenvalue weighted by Crippen LogP contribution is -2.49. The molecule has 0 aliphatic heterocycles. The van der Waals surface area contributed by atoms with Crippen LogP contribution in [0.2, 0.25) is 0 Å². The number of nitrogens with zero attached hydrogens (tertiary/aromatic N) is 1. The highest BCUT2D eigenvalue weighted by Gasteiger charge is 2.24. The van der Waals surface area contributed by atoms with Crippen LogP contribution in [0.4, 0.5) is 4.79 Å². The van der Waals surface area contributed by atoms with Gasteiger partial charge in [0.15, 0.2) is 0 Å². The molecule has 0 spiro atoms. The van der Waals surface area contributed by atoms with Crippen LogP contribution >= 0.6 is 0 Å². The second-order valence-electron chi connectivity index (χ2n) is 10.2. The number of nitrogens with one attached hydrogen (secondary N) is 3. The van der Waals surface area contributed by atoms with Crippen molar-refractivity contribution in [1.29, 1.82) is 0 Å². The Morgan fingerprint density at radius 3 is 2.39 bits per heavy atom. The van der Waals surface area contributed by atoms with Crippen molar-refractivity contribution in [2.75, 3.05) is 6.54 Å². The number of hydrogen-bond donors (Lipinski definition) is 4. The molecule has 2 amide bonds. The van der Waals surface area contributed by atoms with Crippen LogP contribution in [0.3, 0.4) is 0 Å². The minimum Gasteiger partial charge on any atom is -0.508 e. The zero-order chi connectivity index (χ0) is 27.7. The number of hydrogen-bond acceptors (Lipinski definition) is 6. The smallest absolute Gasteiger partial charge is 0.408 e. The molecule has 1 heterocycles.